The Bertz CT molecular complexity index is 983. The van der Waals surface area contributed by atoms with Gasteiger partial charge >= 0.3 is 6.03 Å². The second-order valence-corrected chi connectivity index (χ2v) is 7.86. The molecule has 0 spiro atoms. The summed E-state index contributed by atoms with van der Waals surface area (Å²) in [5, 5.41) is 2.54. The summed E-state index contributed by atoms with van der Waals surface area (Å²) in [5.41, 5.74) is 2.27. The monoisotopic (exact) mass is 408 g/mol. The molecular weight excluding hydrogens is 387 g/mol. The normalized spacial score (nSPS) is 15.9. The molecule has 3 aromatic rings. The largest absolute Gasteiger partial charge is 0.489 e. The van der Waals surface area contributed by atoms with E-state index in [2.05, 4.69) is 5.32 Å². The van der Waals surface area contributed by atoms with Crippen molar-refractivity contribution in [2.24, 2.45) is 0 Å². The van der Waals surface area contributed by atoms with Gasteiger partial charge in [-0.05, 0) is 35.4 Å². The molecule has 1 aliphatic heterocycles. The number of halogens is 1. The van der Waals surface area contributed by atoms with Crippen LogP contribution in [0.5, 0.6) is 5.75 Å². The molecule has 0 radical (unpaired) electrons. The molecule has 1 N–H and O–H groups in total. The topological polar surface area (TPSA) is 41.6 Å². The minimum Gasteiger partial charge on any atom is -0.489 e. The summed E-state index contributed by atoms with van der Waals surface area (Å²) in [6.45, 7) is 1.09. The van der Waals surface area contributed by atoms with Crippen molar-refractivity contribution in [3.05, 3.63) is 95.8 Å². The van der Waals surface area contributed by atoms with Gasteiger partial charge in [-0.15, -0.1) is 11.8 Å². The Morgan fingerprint density at radius 3 is 2.69 bits per heavy atom. The highest BCUT2D eigenvalue weighted by molar-refractivity contribution is 7.99. The predicted octanol–water partition coefficient (Wildman–Crippen LogP) is 5.68. The fourth-order valence-corrected chi connectivity index (χ4v) is 4.45. The fourth-order valence-electron chi connectivity index (χ4n) is 3.20. The number of carbonyl (C=O) groups is 1. The number of hydrogen-bond acceptors (Lipinski definition) is 3. The highest BCUT2D eigenvalue weighted by Gasteiger charge is 2.31. The summed E-state index contributed by atoms with van der Waals surface area (Å²) in [6, 6.07) is 23.7. The SMILES string of the molecule is O=C(Nc1ccccc1F)N1CCS[C@@H]1c1cccc(OCc2ccccc2)c1. The van der Waals surface area contributed by atoms with E-state index in [1.165, 1.54) is 6.07 Å². The number of ether oxygens (including phenoxy) is 1. The number of anilines is 1. The van der Waals surface area contributed by atoms with Crippen molar-refractivity contribution in [1.29, 1.82) is 0 Å². The van der Waals surface area contributed by atoms with Crippen molar-refractivity contribution in [2.75, 3.05) is 17.6 Å². The molecule has 0 saturated carbocycles. The smallest absolute Gasteiger partial charge is 0.323 e. The van der Waals surface area contributed by atoms with Crippen LogP contribution in [0.25, 0.3) is 0 Å². The van der Waals surface area contributed by atoms with E-state index in [1.807, 2.05) is 54.6 Å². The van der Waals surface area contributed by atoms with Gasteiger partial charge in [0.2, 0.25) is 0 Å². The Morgan fingerprint density at radius 2 is 1.86 bits per heavy atom. The van der Waals surface area contributed by atoms with Gasteiger partial charge in [0.05, 0.1) is 5.69 Å². The number of carbonyl (C=O) groups excluding carboxylic acids is 1. The molecule has 29 heavy (non-hydrogen) atoms. The van der Waals surface area contributed by atoms with Crippen LogP contribution >= 0.6 is 11.8 Å². The van der Waals surface area contributed by atoms with Gasteiger partial charge in [-0.3, -0.25) is 0 Å². The molecule has 0 aliphatic carbocycles. The summed E-state index contributed by atoms with van der Waals surface area (Å²) < 4.78 is 19.8. The summed E-state index contributed by atoms with van der Waals surface area (Å²) in [5.74, 6) is 1.14. The Balaban J connectivity index is 1.45. The lowest BCUT2D eigenvalue weighted by Crippen LogP contribution is -2.34. The molecule has 6 heteroatoms. The average Bonchev–Trinajstić information content (AvgIpc) is 3.25. The molecule has 1 heterocycles. The summed E-state index contributed by atoms with van der Waals surface area (Å²) >= 11 is 1.69. The predicted molar refractivity (Wildman–Crippen MR) is 115 cm³/mol. The van der Waals surface area contributed by atoms with E-state index in [-0.39, 0.29) is 17.1 Å². The summed E-state index contributed by atoms with van der Waals surface area (Å²) in [7, 11) is 0. The van der Waals surface area contributed by atoms with E-state index < -0.39 is 5.82 Å². The van der Waals surface area contributed by atoms with Gasteiger partial charge in [-0.25, -0.2) is 9.18 Å². The van der Waals surface area contributed by atoms with E-state index in [9.17, 15) is 9.18 Å². The molecule has 0 aromatic heterocycles. The summed E-state index contributed by atoms with van der Waals surface area (Å²) in [6.07, 6.45) is 0. The van der Waals surface area contributed by atoms with Gasteiger partial charge in [-0.1, -0.05) is 54.6 Å². The van der Waals surface area contributed by atoms with Crippen molar-refractivity contribution in [1.82, 2.24) is 4.90 Å². The first-order valence-corrected chi connectivity index (χ1v) is 10.5. The lowest BCUT2D eigenvalue weighted by molar-refractivity contribution is 0.214. The van der Waals surface area contributed by atoms with Crippen LogP contribution < -0.4 is 10.1 Å². The second kappa shape index (κ2) is 9.01. The van der Waals surface area contributed by atoms with Gasteiger partial charge in [0, 0.05) is 12.3 Å². The van der Waals surface area contributed by atoms with Crippen molar-refractivity contribution in [2.45, 2.75) is 12.0 Å². The number of amides is 2. The minimum atomic E-state index is -0.444. The molecule has 1 saturated heterocycles. The molecule has 148 valence electrons. The Hall–Kier alpha value is -2.99. The molecule has 1 atom stereocenters. The molecule has 1 aliphatic rings. The highest BCUT2D eigenvalue weighted by atomic mass is 32.2. The van der Waals surface area contributed by atoms with Crippen molar-refractivity contribution in [3.63, 3.8) is 0 Å². The molecule has 4 nitrogen and oxygen atoms in total. The highest BCUT2D eigenvalue weighted by Crippen LogP contribution is 2.39. The van der Waals surface area contributed by atoms with Gasteiger partial charge in [0.15, 0.2) is 0 Å². The van der Waals surface area contributed by atoms with Gasteiger partial charge < -0.3 is 15.0 Å². The maximum absolute atomic E-state index is 13.9. The van der Waals surface area contributed by atoms with Crippen LogP contribution in [0.1, 0.15) is 16.5 Å². The lowest BCUT2D eigenvalue weighted by atomic mass is 10.2. The maximum Gasteiger partial charge on any atom is 0.323 e. The number of thioether (sulfide) groups is 1. The Morgan fingerprint density at radius 1 is 1.07 bits per heavy atom. The number of para-hydroxylation sites is 1. The zero-order valence-corrected chi connectivity index (χ0v) is 16.6. The lowest BCUT2D eigenvalue weighted by Gasteiger charge is -2.25. The summed E-state index contributed by atoms with van der Waals surface area (Å²) in [4.78, 5) is 14.5. The third kappa shape index (κ3) is 4.71. The fraction of sp³-hybridized carbons (Fsp3) is 0.174. The first-order valence-electron chi connectivity index (χ1n) is 9.41. The second-order valence-electron chi connectivity index (χ2n) is 6.67. The van der Waals surface area contributed by atoms with E-state index in [0.717, 1.165) is 22.6 Å². The molecule has 4 rings (SSSR count). The van der Waals surface area contributed by atoms with Gasteiger partial charge in [-0.2, -0.15) is 0 Å². The quantitative estimate of drug-likeness (QED) is 0.590. The number of urea groups is 1. The van der Waals surface area contributed by atoms with Crippen LogP contribution in [0.3, 0.4) is 0 Å². The molecule has 1 fully saturated rings. The standard InChI is InChI=1S/C23H21FN2O2S/c24-20-11-4-5-12-21(20)25-23(27)26-13-14-29-22(26)18-9-6-10-19(15-18)28-16-17-7-2-1-3-8-17/h1-12,15,22H,13-14,16H2,(H,25,27)/t22-/m1/s1. The maximum atomic E-state index is 13.9. The average molecular weight is 408 g/mol. The molecule has 0 bridgehead atoms. The van der Waals surface area contributed by atoms with Gasteiger partial charge in [0.1, 0.15) is 23.5 Å². The van der Waals surface area contributed by atoms with Crippen LogP contribution in [-0.4, -0.2) is 23.2 Å². The Labute approximate surface area is 173 Å². The van der Waals surface area contributed by atoms with E-state index in [0.29, 0.717) is 13.2 Å². The zero-order valence-electron chi connectivity index (χ0n) is 15.8. The van der Waals surface area contributed by atoms with Crippen LogP contribution in [0.2, 0.25) is 0 Å². The number of nitrogens with one attached hydrogen (secondary N) is 1. The van der Waals surface area contributed by atoms with Crippen LogP contribution in [0.15, 0.2) is 78.9 Å². The third-order valence-electron chi connectivity index (χ3n) is 4.66. The van der Waals surface area contributed by atoms with Crippen LogP contribution in [-0.2, 0) is 6.61 Å². The third-order valence-corrected chi connectivity index (χ3v) is 5.92. The zero-order chi connectivity index (χ0) is 20.1. The molecule has 2 amide bonds. The number of hydrogen-bond donors (Lipinski definition) is 1. The first-order chi connectivity index (χ1) is 14.2. The van der Waals surface area contributed by atoms with Crippen LogP contribution in [0.4, 0.5) is 14.9 Å². The van der Waals surface area contributed by atoms with Crippen molar-refractivity contribution >= 4 is 23.5 Å². The van der Waals surface area contributed by atoms with Gasteiger partial charge in [0.25, 0.3) is 0 Å². The van der Waals surface area contributed by atoms with Crippen molar-refractivity contribution in [3.8, 4) is 5.75 Å². The van der Waals surface area contributed by atoms with Crippen molar-refractivity contribution < 1.29 is 13.9 Å². The number of nitrogens with zero attached hydrogens (tertiary/aromatic N) is 1. The van der Waals surface area contributed by atoms with E-state index in [1.54, 1.807) is 34.9 Å². The molecule has 3 aromatic carbocycles. The van der Waals surface area contributed by atoms with E-state index in [4.69, 9.17) is 4.74 Å². The molecule has 0 unspecified atom stereocenters. The number of benzene rings is 3. The van der Waals surface area contributed by atoms with Crippen LogP contribution in [0, 0.1) is 5.82 Å². The van der Waals surface area contributed by atoms with E-state index >= 15 is 0 Å². The number of rotatable bonds is 5. The first kappa shape index (κ1) is 19.3. The minimum absolute atomic E-state index is 0.137. The Kier molecular flexibility index (Phi) is 6.00. The molecular formula is C23H21FN2O2S.